The van der Waals surface area contributed by atoms with Crippen LogP contribution in [0.2, 0.25) is 0 Å². The van der Waals surface area contributed by atoms with Gasteiger partial charge in [0.15, 0.2) is 12.4 Å². The Morgan fingerprint density at radius 3 is 2.09 bits per heavy atom. The summed E-state index contributed by atoms with van der Waals surface area (Å²) in [5.74, 6) is -1.04. The molecular weight excluding hydrogens is 354 g/mol. The molecule has 6 nitrogen and oxygen atoms in total. The second kappa shape index (κ2) is 6.95. The van der Waals surface area contributed by atoms with Crippen molar-refractivity contribution in [2.75, 3.05) is 6.61 Å². The predicted molar refractivity (Wildman–Crippen MR) is 81.9 cm³/mol. The molecule has 7 heteroatoms. The lowest BCUT2D eigenvalue weighted by Gasteiger charge is -2.04. The van der Waals surface area contributed by atoms with Crippen molar-refractivity contribution in [3.8, 4) is 0 Å². The molecule has 22 heavy (non-hydrogen) atoms. The normalized spacial score (nSPS) is 10.0. The van der Waals surface area contributed by atoms with Crippen LogP contribution in [0.1, 0.15) is 20.7 Å². The summed E-state index contributed by atoms with van der Waals surface area (Å²) in [6.45, 7) is -0.391. The van der Waals surface area contributed by atoms with Crippen molar-refractivity contribution in [1.29, 1.82) is 0 Å². The van der Waals surface area contributed by atoms with E-state index in [9.17, 15) is 19.7 Å². The maximum Gasteiger partial charge on any atom is 0.338 e. The maximum atomic E-state index is 11.9. The van der Waals surface area contributed by atoms with E-state index in [2.05, 4.69) is 15.9 Å². The average molecular weight is 364 g/mol. The Bertz CT molecular complexity index is 710. The minimum absolute atomic E-state index is 0.123. The first-order valence-electron chi connectivity index (χ1n) is 6.18. The van der Waals surface area contributed by atoms with Gasteiger partial charge in [0, 0.05) is 22.2 Å². The Balaban J connectivity index is 1.96. The zero-order valence-electron chi connectivity index (χ0n) is 11.2. The molecule has 0 N–H and O–H groups in total. The van der Waals surface area contributed by atoms with Gasteiger partial charge in [-0.15, -0.1) is 0 Å². The number of Topliss-reactive ketones (excluding diaryl/α,β-unsaturated/α-hetero) is 1. The van der Waals surface area contributed by atoms with Gasteiger partial charge in [-0.2, -0.15) is 0 Å². The SMILES string of the molecule is O=C(COC(=O)c1ccc([N+](=O)[O-])cc1)c1ccc(Br)cc1. The molecule has 0 radical (unpaired) electrons. The first-order valence-corrected chi connectivity index (χ1v) is 6.97. The summed E-state index contributed by atoms with van der Waals surface area (Å²) in [6.07, 6.45) is 0. The predicted octanol–water partition coefficient (Wildman–Crippen LogP) is 3.40. The number of hydrogen-bond acceptors (Lipinski definition) is 5. The summed E-state index contributed by atoms with van der Waals surface area (Å²) in [5, 5.41) is 10.5. The summed E-state index contributed by atoms with van der Waals surface area (Å²) < 4.78 is 5.74. The van der Waals surface area contributed by atoms with Crippen molar-refractivity contribution in [2.24, 2.45) is 0 Å². The topological polar surface area (TPSA) is 86.5 Å². The van der Waals surface area contributed by atoms with Crippen molar-refractivity contribution < 1.29 is 19.2 Å². The van der Waals surface area contributed by atoms with Gasteiger partial charge < -0.3 is 4.74 Å². The van der Waals surface area contributed by atoms with Crippen molar-refractivity contribution in [3.63, 3.8) is 0 Å². The number of halogens is 1. The number of nitro benzene ring substituents is 1. The molecule has 0 atom stereocenters. The largest absolute Gasteiger partial charge is 0.454 e. The highest BCUT2D eigenvalue weighted by Crippen LogP contribution is 2.14. The highest BCUT2D eigenvalue weighted by atomic mass is 79.9. The maximum absolute atomic E-state index is 11.9. The number of esters is 1. The number of nitro groups is 1. The highest BCUT2D eigenvalue weighted by Gasteiger charge is 2.13. The summed E-state index contributed by atoms with van der Waals surface area (Å²) in [5.41, 5.74) is 0.455. The van der Waals surface area contributed by atoms with Crippen LogP contribution in [0.15, 0.2) is 53.0 Å². The third kappa shape index (κ3) is 3.98. The van der Waals surface area contributed by atoms with Gasteiger partial charge in [0.05, 0.1) is 10.5 Å². The molecule has 2 aromatic carbocycles. The quantitative estimate of drug-likeness (QED) is 0.351. The average Bonchev–Trinajstić information content (AvgIpc) is 2.53. The van der Waals surface area contributed by atoms with Gasteiger partial charge in [-0.3, -0.25) is 14.9 Å². The number of ketones is 1. The van der Waals surface area contributed by atoms with Crippen LogP contribution in [0, 0.1) is 10.1 Å². The highest BCUT2D eigenvalue weighted by molar-refractivity contribution is 9.10. The van der Waals surface area contributed by atoms with Crippen LogP contribution < -0.4 is 0 Å². The van der Waals surface area contributed by atoms with Gasteiger partial charge in [0.25, 0.3) is 5.69 Å². The first-order chi connectivity index (χ1) is 10.5. The molecule has 0 bridgehead atoms. The van der Waals surface area contributed by atoms with Gasteiger partial charge in [0.2, 0.25) is 0 Å². The van der Waals surface area contributed by atoms with Crippen LogP contribution in [-0.2, 0) is 4.74 Å². The van der Waals surface area contributed by atoms with Crippen LogP contribution in [0.25, 0.3) is 0 Å². The van der Waals surface area contributed by atoms with Crippen LogP contribution in [-0.4, -0.2) is 23.3 Å². The molecule has 0 amide bonds. The first kappa shape index (κ1) is 15.8. The smallest absolute Gasteiger partial charge is 0.338 e. The molecule has 0 aromatic heterocycles. The fourth-order valence-electron chi connectivity index (χ4n) is 1.65. The number of carbonyl (C=O) groups is 2. The molecule has 0 aliphatic carbocycles. The third-order valence-electron chi connectivity index (χ3n) is 2.81. The molecule has 0 fully saturated rings. The van der Waals surface area contributed by atoms with Gasteiger partial charge in [-0.25, -0.2) is 4.79 Å². The fourth-order valence-corrected chi connectivity index (χ4v) is 1.92. The van der Waals surface area contributed by atoms with Crippen LogP contribution in [0.3, 0.4) is 0 Å². The Morgan fingerprint density at radius 2 is 1.55 bits per heavy atom. The minimum Gasteiger partial charge on any atom is -0.454 e. The van der Waals surface area contributed by atoms with E-state index >= 15 is 0 Å². The second-order valence-corrected chi connectivity index (χ2v) is 5.23. The number of ether oxygens (including phenoxy) is 1. The number of carbonyl (C=O) groups excluding carboxylic acids is 2. The summed E-state index contributed by atoms with van der Waals surface area (Å²) in [6, 6.07) is 11.6. The zero-order chi connectivity index (χ0) is 16.1. The number of non-ortho nitro benzene ring substituents is 1. The van der Waals surface area contributed by atoms with E-state index in [0.29, 0.717) is 5.56 Å². The molecule has 2 aromatic rings. The molecule has 0 aliphatic rings. The van der Waals surface area contributed by atoms with E-state index in [1.54, 1.807) is 24.3 Å². The van der Waals surface area contributed by atoms with E-state index in [-0.39, 0.29) is 17.0 Å². The Hall–Kier alpha value is -2.54. The molecule has 0 aliphatic heterocycles. The van der Waals surface area contributed by atoms with Gasteiger partial charge in [0.1, 0.15) is 0 Å². The lowest BCUT2D eigenvalue weighted by atomic mass is 10.1. The number of nitrogens with zero attached hydrogens (tertiary/aromatic N) is 1. The molecule has 0 saturated heterocycles. The second-order valence-electron chi connectivity index (χ2n) is 4.31. The monoisotopic (exact) mass is 363 g/mol. The molecule has 112 valence electrons. The van der Waals surface area contributed by atoms with E-state index in [1.165, 1.54) is 24.3 Å². The zero-order valence-corrected chi connectivity index (χ0v) is 12.8. The van der Waals surface area contributed by atoms with Crippen molar-refractivity contribution in [2.45, 2.75) is 0 Å². The van der Waals surface area contributed by atoms with Crippen molar-refractivity contribution in [1.82, 2.24) is 0 Å². The molecule has 2 rings (SSSR count). The molecule has 0 saturated carbocycles. The standard InChI is InChI=1S/C15H10BrNO5/c16-12-5-1-10(2-6-12)14(18)9-22-15(19)11-3-7-13(8-4-11)17(20)21/h1-8H,9H2. The number of hydrogen-bond donors (Lipinski definition) is 0. The van der Waals surface area contributed by atoms with Crippen LogP contribution in [0.4, 0.5) is 5.69 Å². The van der Waals surface area contributed by atoms with Crippen molar-refractivity contribution in [3.05, 3.63) is 74.2 Å². The summed E-state index contributed by atoms with van der Waals surface area (Å²) in [4.78, 5) is 33.6. The van der Waals surface area contributed by atoms with Crippen molar-refractivity contribution >= 4 is 33.4 Å². The number of benzene rings is 2. The van der Waals surface area contributed by atoms with Gasteiger partial charge in [-0.05, 0) is 24.3 Å². The molecular formula is C15H10BrNO5. The Kier molecular flexibility index (Phi) is 5.00. The minimum atomic E-state index is -0.708. The lowest BCUT2D eigenvalue weighted by Crippen LogP contribution is -2.14. The summed E-state index contributed by atoms with van der Waals surface area (Å²) in [7, 11) is 0. The van der Waals surface area contributed by atoms with E-state index in [1.807, 2.05) is 0 Å². The molecule has 0 spiro atoms. The number of rotatable bonds is 5. The van der Waals surface area contributed by atoms with Crippen LogP contribution in [0.5, 0.6) is 0 Å². The third-order valence-corrected chi connectivity index (χ3v) is 3.34. The Labute approximate surface area is 134 Å². The van der Waals surface area contributed by atoms with E-state index in [0.717, 1.165) is 4.47 Å². The summed E-state index contributed by atoms with van der Waals surface area (Å²) >= 11 is 3.26. The fraction of sp³-hybridized carbons (Fsp3) is 0.0667. The van der Waals surface area contributed by atoms with E-state index < -0.39 is 17.5 Å². The van der Waals surface area contributed by atoms with Crippen LogP contribution >= 0.6 is 15.9 Å². The van der Waals surface area contributed by atoms with E-state index in [4.69, 9.17) is 4.74 Å². The molecule has 0 heterocycles. The molecule has 0 unspecified atom stereocenters. The van der Waals surface area contributed by atoms with Gasteiger partial charge in [-0.1, -0.05) is 28.1 Å². The Morgan fingerprint density at radius 1 is 1.00 bits per heavy atom. The van der Waals surface area contributed by atoms with Gasteiger partial charge >= 0.3 is 5.97 Å². The lowest BCUT2D eigenvalue weighted by molar-refractivity contribution is -0.384.